The van der Waals surface area contributed by atoms with E-state index in [0.29, 0.717) is 16.5 Å². The van der Waals surface area contributed by atoms with Crippen molar-refractivity contribution in [3.63, 3.8) is 0 Å². The number of aromatic nitrogens is 2. The van der Waals surface area contributed by atoms with E-state index in [1.807, 2.05) is 18.7 Å². The van der Waals surface area contributed by atoms with Crippen molar-refractivity contribution < 1.29 is 13.4 Å². The molecule has 128 valence electrons. The smallest absolute Gasteiger partial charge is 0.255 e. The van der Waals surface area contributed by atoms with E-state index in [1.54, 1.807) is 18.3 Å². The SMILES string of the molecule is CC(C)c1cnc(C[S@](=O)c2ccc(C(=O)N3CCCC3)cn2)o1. The van der Waals surface area contributed by atoms with Crippen LogP contribution in [0.25, 0.3) is 0 Å². The summed E-state index contributed by atoms with van der Waals surface area (Å²) in [5.41, 5.74) is 0.538. The Morgan fingerprint density at radius 3 is 2.58 bits per heavy atom. The molecule has 0 aliphatic carbocycles. The van der Waals surface area contributed by atoms with Gasteiger partial charge in [-0.2, -0.15) is 0 Å². The van der Waals surface area contributed by atoms with E-state index in [0.717, 1.165) is 31.7 Å². The van der Waals surface area contributed by atoms with Crippen molar-refractivity contribution in [2.24, 2.45) is 0 Å². The van der Waals surface area contributed by atoms with Gasteiger partial charge in [-0.25, -0.2) is 9.97 Å². The summed E-state index contributed by atoms with van der Waals surface area (Å²) < 4.78 is 18.0. The van der Waals surface area contributed by atoms with Crippen LogP contribution in [0.15, 0.2) is 34.0 Å². The first-order valence-electron chi connectivity index (χ1n) is 8.13. The minimum absolute atomic E-state index is 0.00777. The molecule has 6 nitrogen and oxygen atoms in total. The van der Waals surface area contributed by atoms with Crippen LogP contribution in [0, 0.1) is 0 Å². The van der Waals surface area contributed by atoms with Gasteiger partial charge >= 0.3 is 0 Å². The molecule has 3 rings (SSSR count). The average Bonchev–Trinajstić information content (AvgIpc) is 3.26. The summed E-state index contributed by atoms with van der Waals surface area (Å²) in [6, 6.07) is 3.34. The molecule has 1 saturated heterocycles. The second kappa shape index (κ2) is 7.25. The van der Waals surface area contributed by atoms with Crippen LogP contribution in [0.2, 0.25) is 0 Å². The molecule has 0 saturated carbocycles. The van der Waals surface area contributed by atoms with Gasteiger partial charge in [-0.05, 0) is 25.0 Å². The van der Waals surface area contributed by atoms with E-state index >= 15 is 0 Å². The fraction of sp³-hybridized carbons (Fsp3) is 0.471. The highest BCUT2D eigenvalue weighted by molar-refractivity contribution is 7.84. The third-order valence-electron chi connectivity index (χ3n) is 4.00. The molecule has 0 aromatic carbocycles. The molecule has 1 aliphatic rings. The molecule has 3 heterocycles. The number of oxazole rings is 1. The number of likely N-dealkylation sites (tertiary alicyclic amines) is 1. The number of hydrogen-bond donors (Lipinski definition) is 0. The molecule has 0 bridgehead atoms. The number of pyridine rings is 1. The molecule has 24 heavy (non-hydrogen) atoms. The van der Waals surface area contributed by atoms with Crippen LogP contribution in [0.1, 0.15) is 54.6 Å². The Morgan fingerprint density at radius 2 is 2.00 bits per heavy atom. The van der Waals surface area contributed by atoms with E-state index in [4.69, 9.17) is 4.42 Å². The molecule has 7 heteroatoms. The second-order valence-electron chi connectivity index (χ2n) is 6.19. The zero-order valence-corrected chi connectivity index (χ0v) is 14.7. The van der Waals surface area contributed by atoms with Gasteiger partial charge in [0.1, 0.15) is 16.5 Å². The molecule has 0 N–H and O–H groups in total. The van der Waals surface area contributed by atoms with E-state index in [-0.39, 0.29) is 17.6 Å². The first kappa shape index (κ1) is 16.8. The number of carbonyl (C=O) groups is 1. The third kappa shape index (κ3) is 3.72. The van der Waals surface area contributed by atoms with Crippen LogP contribution in [-0.4, -0.2) is 38.1 Å². The number of hydrogen-bond acceptors (Lipinski definition) is 5. The topological polar surface area (TPSA) is 76.3 Å². The Balaban J connectivity index is 1.65. The van der Waals surface area contributed by atoms with Gasteiger partial charge in [0.25, 0.3) is 5.91 Å². The minimum atomic E-state index is -1.35. The highest BCUT2D eigenvalue weighted by Gasteiger charge is 2.20. The number of amides is 1. The molecular weight excluding hydrogens is 326 g/mol. The Kier molecular flexibility index (Phi) is 5.08. The Bertz CT molecular complexity index is 734. The van der Waals surface area contributed by atoms with Gasteiger partial charge in [-0.1, -0.05) is 13.8 Å². The molecule has 2 aromatic heterocycles. The lowest BCUT2D eigenvalue weighted by Gasteiger charge is -2.14. The number of carbonyl (C=O) groups excluding carboxylic acids is 1. The van der Waals surface area contributed by atoms with E-state index in [1.165, 1.54) is 6.20 Å². The fourth-order valence-corrected chi connectivity index (χ4v) is 3.48. The summed E-state index contributed by atoms with van der Waals surface area (Å²) in [6.07, 6.45) is 5.27. The average molecular weight is 347 g/mol. The maximum absolute atomic E-state index is 12.4. The maximum atomic E-state index is 12.4. The lowest BCUT2D eigenvalue weighted by Crippen LogP contribution is -2.27. The van der Waals surface area contributed by atoms with Crippen molar-refractivity contribution in [2.45, 2.75) is 43.4 Å². The van der Waals surface area contributed by atoms with Gasteiger partial charge in [-0.15, -0.1) is 0 Å². The zero-order chi connectivity index (χ0) is 17.1. The van der Waals surface area contributed by atoms with Gasteiger partial charge in [-0.3, -0.25) is 9.00 Å². The lowest BCUT2D eigenvalue weighted by molar-refractivity contribution is 0.0792. The first-order chi connectivity index (χ1) is 11.5. The number of rotatable bonds is 5. The standard InChI is InChI=1S/C17H21N3O3S/c1-12(2)14-10-18-15(23-14)11-24(22)16-6-5-13(9-19-16)17(21)20-7-3-4-8-20/h5-6,9-10,12H,3-4,7-8,11H2,1-2H3/t24-/m0/s1. The summed E-state index contributed by atoms with van der Waals surface area (Å²) in [6.45, 7) is 5.63. The summed E-state index contributed by atoms with van der Waals surface area (Å²) in [4.78, 5) is 22.4. The predicted octanol–water partition coefficient (Wildman–Crippen LogP) is 2.74. The normalized spacial score (nSPS) is 15.9. The predicted molar refractivity (Wildman–Crippen MR) is 90.1 cm³/mol. The van der Waals surface area contributed by atoms with Crippen LogP contribution >= 0.6 is 0 Å². The fourth-order valence-electron chi connectivity index (χ4n) is 2.59. The summed E-state index contributed by atoms with van der Waals surface area (Å²) in [5.74, 6) is 1.64. The maximum Gasteiger partial charge on any atom is 0.255 e. The Hall–Kier alpha value is -2.02. The molecule has 1 amide bonds. The van der Waals surface area contributed by atoms with Gasteiger partial charge in [0, 0.05) is 25.2 Å². The van der Waals surface area contributed by atoms with E-state index < -0.39 is 10.8 Å². The largest absolute Gasteiger partial charge is 0.444 e. The van der Waals surface area contributed by atoms with Crippen molar-refractivity contribution in [2.75, 3.05) is 13.1 Å². The van der Waals surface area contributed by atoms with E-state index in [9.17, 15) is 9.00 Å². The molecule has 0 radical (unpaired) electrons. The van der Waals surface area contributed by atoms with Crippen LogP contribution in [0.4, 0.5) is 0 Å². The zero-order valence-electron chi connectivity index (χ0n) is 13.9. The van der Waals surface area contributed by atoms with Crippen LogP contribution in [-0.2, 0) is 16.6 Å². The first-order valence-corrected chi connectivity index (χ1v) is 9.45. The Morgan fingerprint density at radius 1 is 1.25 bits per heavy atom. The Labute approximate surface area is 143 Å². The third-order valence-corrected chi connectivity index (χ3v) is 5.22. The van der Waals surface area contributed by atoms with Crippen LogP contribution in [0.5, 0.6) is 0 Å². The molecule has 0 spiro atoms. The monoisotopic (exact) mass is 347 g/mol. The van der Waals surface area contributed by atoms with Crippen molar-refractivity contribution in [1.29, 1.82) is 0 Å². The summed E-state index contributed by atoms with van der Waals surface area (Å²) >= 11 is 0. The quantitative estimate of drug-likeness (QED) is 0.831. The van der Waals surface area contributed by atoms with Crippen LogP contribution < -0.4 is 0 Å². The number of nitrogens with zero attached hydrogens (tertiary/aromatic N) is 3. The molecule has 2 aromatic rings. The highest BCUT2D eigenvalue weighted by Crippen LogP contribution is 2.18. The minimum Gasteiger partial charge on any atom is -0.444 e. The van der Waals surface area contributed by atoms with Crippen molar-refractivity contribution >= 4 is 16.7 Å². The summed E-state index contributed by atoms with van der Waals surface area (Å²) in [7, 11) is -1.35. The molecule has 1 fully saturated rings. The van der Waals surface area contributed by atoms with Crippen molar-refractivity contribution in [1.82, 2.24) is 14.9 Å². The second-order valence-corrected chi connectivity index (χ2v) is 7.58. The van der Waals surface area contributed by atoms with Crippen molar-refractivity contribution in [3.8, 4) is 0 Å². The van der Waals surface area contributed by atoms with Crippen molar-refractivity contribution in [3.05, 3.63) is 41.7 Å². The van der Waals surface area contributed by atoms with Crippen LogP contribution in [0.3, 0.4) is 0 Å². The van der Waals surface area contributed by atoms with Gasteiger partial charge in [0.2, 0.25) is 5.89 Å². The van der Waals surface area contributed by atoms with E-state index in [2.05, 4.69) is 9.97 Å². The molecule has 0 unspecified atom stereocenters. The molecular formula is C17H21N3O3S. The summed E-state index contributed by atoms with van der Waals surface area (Å²) in [5, 5.41) is 0.428. The van der Waals surface area contributed by atoms with Gasteiger partial charge in [0.15, 0.2) is 0 Å². The highest BCUT2D eigenvalue weighted by atomic mass is 32.2. The molecule has 1 aliphatic heterocycles. The van der Waals surface area contributed by atoms with Gasteiger partial charge in [0.05, 0.1) is 22.6 Å². The molecule has 1 atom stereocenters. The van der Waals surface area contributed by atoms with Gasteiger partial charge < -0.3 is 9.32 Å². The lowest BCUT2D eigenvalue weighted by atomic mass is 10.2.